The standard InChI is InChI=1S/C30H45BrO11Si/c1-20(32)39-16-29(4,25(34)37-6)18-41-27(36)42-19-30(5,26(35)38-7)17-40-24(33)28(2,3)15-23(31)21-11-13-22(14-12-21)43(8,9)10/h11-14,23H,15-19H2,1-10H3. The summed E-state index contributed by atoms with van der Waals surface area (Å²) in [6.07, 6.45) is -0.788. The largest absolute Gasteiger partial charge is 0.508 e. The summed E-state index contributed by atoms with van der Waals surface area (Å²) in [5, 5.41) is 1.34. The van der Waals surface area contributed by atoms with Crippen molar-refractivity contribution in [3.8, 4) is 0 Å². The Kier molecular flexibility index (Phi) is 13.9. The van der Waals surface area contributed by atoms with Crippen LogP contribution in [0.3, 0.4) is 0 Å². The molecule has 0 amide bonds. The first kappa shape index (κ1) is 38.1. The van der Waals surface area contributed by atoms with Gasteiger partial charge in [0, 0.05) is 11.8 Å². The van der Waals surface area contributed by atoms with Gasteiger partial charge in [0.15, 0.2) is 0 Å². The zero-order valence-electron chi connectivity index (χ0n) is 26.8. The molecule has 3 atom stereocenters. The number of methoxy groups -OCH3 is 2. The first-order valence-electron chi connectivity index (χ1n) is 13.7. The highest BCUT2D eigenvalue weighted by Crippen LogP contribution is 2.37. The van der Waals surface area contributed by atoms with E-state index in [-0.39, 0.29) is 4.83 Å². The van der Waals surface area contributed by atoms with Crippen LogP contribution in [0.15, 0.2) is 24.3 Å². The Morgan fingerprint density at radius 1 is 0.721 bits per heavy atom. The smallest absolute Gasteiger partial charge is 0.468 e. The summed E-state index contributed by atoms with van der Waals surface area (Å²) >= 11 is 3.69. The van der Waals surface area contributed by atoms with Gasteiger partial charge in [-0.2, -0.15) is 0 Å². The van der Waals surface area contributed by atoms with E-state index < -0.39 is 80.8 Å². The van der Waals surface area contributed by atoms with Crippen molar-refractivity contribution in [3.63, 3.8) is 0 Å². The van der Waals surface area contributed by atoms with E-state index in [4.69, 9.17) is 28.4 Å². The number of halogens is 1. The van der Waals surface area contributed by atoms with Crippen LogP contribution < -0.4 is 5.19 Å². The van der Waals surface area contributed by atoms with Crippen LogP contribution in [0, 0.1) is 16.2 Å². The predicted molar refractivity (Wildman–Crippen MR) is 165 cm³/mol. The lowest BCUT2D eigenvalue weighted by molar-refractivity contribution is -0.168. The molecule has 43 heavy (non-hydrogen) atoms. The van der Waals surface area contributed by atoms with Crippen LogP contribution in [0.4, 0.5) is 4.79 Å². The van der Waals surface area contributed by atoms with E-state index in [2.05, 4.69) is 59.8 Å². The summed E-state index contributed by atoms with van der Waals surface area (Å²) in [5.41, 5.74) is -2.94. The lowest BCUT2D eigenvalue weighted by atomic mass is 9.86. The van der Waals surface area contributed by atoms with Gasteiger partial charge in [-0.3, -0.25) is 19.2 Å². The average Bonchev–Trinajstić information content (AvgIpc) is 2.94. The van der Waals surface area contributed by atoms with Crippen molar-refractivity contribution in [2.24, 2.45) is 16.2 Å². The normalized spacial score (nSPS) is 15.1. The molecule has 0 fully saturated rings. The number of benzene rings is 1. The van der Waals surface area contributed by atoms with Gasteiger partial charge in [0.2, 0.25) is 0 Å². The van der Waals surface area contributed by atoms with E-state index in [1.54, 1.807) is 13.8 Å². The summed E-state index contributed by atoms with van der Waals surface area (Å²) < 4.78 is 30.2. The van der Waals surface area contributed by atoms with Gasteiger partial charge >= 0.3 is 30.0 Å². The summed E-state index contributed by atoms with van der Waals surface area (Å²) in [7, 11) is 0.857. The van der Waals surface area contributed by atoms with Gasteiger partial charge in [-0.05, 0) is 39.7 Å². The predicted octanol–water partition coefficient (Wildman–Crippen LogP) is 4.70. The minimum atomic E-state index is -1.55. The molecule has 0 aliphatic carbocycles. The van der Waals surface area contributed by atoms with Crippen molar-refractivity contribution in [1.29, 1.82) is 0 Å². The fraction of sp³-hybridized carbons (Fsp3) is 0.633. The van der Waals surface area contributed by atoms with Crippen LogP contribution >= 0.6 is 15.9 Å². The molecule has 1 aromatic carbocycles. The van der Waals surface area contributed by atoms with Crippen molar-refractivity contribution in [2.75, 3.05) is 40.6 Å². The second-order valence-electron chi connectivity index (χ2n) is 12.7. The zero-order chi connectivity index (χ0) is 33.2. The van der Waals surface area contributed by atoms with Crippen molar-refractivity contribution >= 4 is 59.2 Å². The second-order valence-corrected chi connectivity index (χ2v) is 18.9. The van der Waals surface area contributed by atoms with Gasteiger partial charge in [-0.25, -0.2) is 4.79 Å². The molecule has 0 aromatic heterocycles. The van der Waals surface area contributed by atoms with Gasteiger partial charge < -0.3 is 28.4 Å². The van der Waals surface area contributed by atoms with E-state index in [0.29, 0.717) is 6.42 Å². The third kappa shape index (κ3) is 11.6. The van der Waals surface area contributed by atoms with E-state index in [1.807, 2.05) is 0 Å². The fourth-order valence-electron chi connectivity index (χ4n) is 3.81. The molecule has 0 saturated heterocycles. The molecule has 13 heteroatoms. The number of esters is 4. The monoisotopic (exact) mass is 688 g/mol. The number of ether oxygens (including phenoxy) is 6. The lowest BCUT2D eigenvalue weighted by Crippen LogP contribution is -2.42. The summed E-state index contributed by atoms with van der Waals surface area (Å²) in [6.45, 7) is 12.4. The highest BCUT2D eigenvalue weighted by molar-refractivity contribution is 9.09. The molecule has 1 rings (SSSR count). The molecular weight excluding hydrogens is 644 g/mol. The third-order valence-electron chi connectivity index (χ3n) is 6.87. The average molecular weight is 690 g/mol. The number of rotatable bonds is 15. The second kappa shape index (κ2) is 15.7. The topological polar surface area (TPSA) is 141 Å². The molecule has 0 bridgehead atoms. The van der Waals surface area contributed by atoms with Gasteiger partial charge in [0.05, 0.1) is 27.7 Å². The quantitative estimate of drug-likeness (QED) is 0.110. The molecule has 3 unspecified atom stereocenters. The van der Waals surface area contributed by atoms with Crippen LogP contribution in [-0.4, -0.2) is 78.8 Å². The number of hydrogen-bond donors (Lipinski definition) is 0. The molecule has 0 aliphatic rings. The summed E-state index contributed by atoms with van der Waals surface area (Å²) in [5.74, 6) is -2.73. The van der Waals surface area contributed by atoms with Gasteiger partial charge in [-0.1, -0.05) is 65.0 Å². The van der Waals surface area contributed by atoms with Gasteiger partial charge in [-0.15, -0.1) is 0 Å². The lowest BCUT2D eigenvalue weighted by Gasteiger charge is -2.30. The zero-order valence-corrected chi connectivity index (χ0v) is 29.4. The minimum absolute atomic E-state index is 0.118. The van der Waals surface area contributed by atoms with E-state index in [1.165, 1.54) is 26.0 Å². The third-order valence-corrected chi connectivity index (χ3v) is 9.79. The van der Waals surface area contributed by atoms with Crippen LogP contribution in [0.1, 0.15) is 51.4 Å². The minimum Gasteiger partial charge on any atom is -0.468 e. The first-order valence-corrected chi connectivity index (χ1v) is 18.1. The Labute approximate surface area is 263 Å². The van der Waals surface area contributed by atoms with Crippen LogP contribution in [0.25, 0.3) is 0 Å². The van der Waals surface area contributed by atoms with Gasteiger partial charge in [0.25, 0.3) is 0 Å². The van der Waals surface area contributed by atoms with Crippen LogP contribution in [0.5, 0.6) is 0 Å². The van der Waals surface area contributed by atoms with Crippen LogP contribution in [-0.2, 0) is 47.6 Å². The molecule has 0 saturated carbocycles. The highest BCUT2D eigenvalue weighted by atomic mass is 79.9. The molecule has 0 heterocycles. The number of carbonyl (C=O) groups is 5. The molecule has 0 spiro atoms. The Balaban J connectivity index is 2.84. The molecule has 0 aliphatic heterocycles. The molecule has 0 radical (unpaired) electrons. The number of hydrogen-bond acceptors (Lipinski definition) is 11. The van der Waals surface area contributed by atoms with Crippen molar-refractivity contribution < 1.29 is 52.4 Å². The highest BCUT2D eigenvalue weighted by Gasteiger charge is 2.42. The molecule has 0 N–H and O–H groups in total. The summed E-state index contributed by atoms with van der Waals surface area (Å²) in [4.78, 5) is 61.3. The molecular formula is C30H45BrO11Si. The molecule has 242 valence electrons. The van der Waals surface area contributed by atoms with E-state index in [9.17, 15) is 24.0 Å². The Hall–Kier alpha value is -2.93. The van der Waals surface area contributed by atoms with Crippen molar-refractivity contribution in [3.05, 3.63) is 29.8 Å². The Bertz CT molecular complexity index is 1150. The van der Waals surface area contributed by atoms with Crippen molar-refractivity contribution in [1.82, 2.24) is 0 Å². The maximum atomic E-state index is 13.1. The molecule has 11 nitrogen and oxygen atoms in total. The maximum Gasteiger partial charge on any atom is 0.508 e. The van der Waals surface area contributed by atoms with Gasteiger partial charge in [0.1, 0.15) is 37.3 Å². The number of carbonyl (C=O) groups excluding carboxylic acids is 5. The Morgan fingerprint density at radius 3 is 1.53 bits per heavy atom. The number of alkyl halides is 1. The summed E-state index contributed by atoms with van der Waals surface area (Å²) in [6, 6.07) is 8.38. The van der Waals surface area contributed by atoms with E-state index >= 15 is 0 Å². The fourth-order valence-corrected chi connectivity index (χ4v) is 6.09. The maximum absolute atomic E-state index is 13.1. The molecule has 1 aromatic rings. The Morgan fingerprint density at radius 2 is 1.14 bits per heavy atom. The van der Waals surface area contributed by atoms with Crippen molar-refractivity contribution in [2.45, 2.75) is 65.5 Å². The van der Waals surface area contributed by atoms with E-state index in [0.717, 1.165) is 19.8 Å². The SMILES string of the molecule is COC(=O)C(C)(COC(C)=O)COC(=O)OCC(C)(COC(=O)C(C)(C)CC(Br)c1ccc([Si](C)(C)C)cc1)C(=O)OC. The first-order chi connectivity index (χ1) is 19.7. The van der Waals surface area contributed by atoms with Crippen LogP contribution in [0.2, 0.25) is 19.6 Å².